The lowest BCUT2D eigenvalue weighted by Crippen LogP contribution is -2.54. The van der Waals surface area contributed by atoms with Crippen molar-refractivity contribution in [2.45, 2.75) is 44.1 Å². The first kappa shape index (κ1) is 14.8. The number of aromatic nitrogens is 1. The van der Waals surface area contributed by atoms with Gasteiger partial charge in [-0.05, 0) is 18.9 Å². The maximum atomic E-state index is 12.3. The van der Waals surface area contributed by atoms with Crippen LogP contribution >= 0.6 is 11.6 Å². The SMILES string of the molecule is O=C(NC1(C(=O)O)CCCCCC1)c1cnccc1Cl. The molecule has 0 bridgehead atoms. The van der Waals surface area contributed by atoms with E-state index in [4.69, 9.17) is 11.6 Å². The number of halogens is 1. The summed E-state index contributed by atoms with van der Waals surface area (Å²) in [6.45, 7) is 0. The molecule has 0 aliphatic heterocycles. The van der Waals surface area contributed by atoms with Crippen molar-refractivity contribution in [3.63, 3.8) is 0 Å². The molecule has 5 nitrogen and oxygen atoms in total. The monoisotopic (exact) mass is 296 g/mol. The van der Waals surface area contributed by atoms with Gasteiger partial charge in [0.2, 0.25) is 0 Å². The third-order valence-electron chi connectivity index (χ3n) is 3.73. The van der Waals surface area contributed by atoms with Gasteiger partial charge in [-0.2, -0.15) is 0 Å². The van der Waals surface area contributed by atoms with Crippen LogP contribution in [0.2, 0.25) is 5.02 Å². The minimum Gasteiger partial charge on any atom is -0.480 e. The number of hydrogen-bond acceptors (Lipinski definition) is 3. The summed E-state index contributed by atoms with van der Waals surface area (Å²) >= 11 is 5.95. The van der Waals surface area contributed by atoms with E-state index in [1.807, 2.05) is 0 Å². The molecule has 0 spiro atoms. The van der Waals surface area contributed by atoms with Crippen LogP contribution < -0.4 is 5.32 Å². The lowest BCUT2D eigenvalue weighted by molar-refractivity contribution is -0.145. The van der Waals surface area contributed by atoms with Crippen LogP contribution in [-0.4, -0.2) is 27.5 Å². The second kappa shape index (κ2) is 6.22. The molecule has 1 aliphatic carbocycles. The molecule has 0 radical (unpaired) electrons. The topological polar surface area (TPSA) is 79.3 Å². The number of carboxylic acid groups (broad SMARTS) is 1. The van der Waals surface area contributed by atoms with E-state index in [0.717, 1.165) is 25.7 Å². The van der Waals surface area contributed by atoms with Crippen LogP contribution in [0.25, 0.3) is 0 Å². The first-order chi connectivity index (χ1) is 9.55. The van der Waals surface area contributed by atoms with Crippen molar-refractivity contribution in [3.05, 3.63) is 29.0 Å². The predicted molar refractivity (Wildman–Crippen MR) is 74.8 cm³/mol. The third-order valence-corrected chi connectivity index (χ3v) is 4.06. The molecular weight excluding hydrogens is 280 g/mol. The van der Waals surface area contributed by atoms with Crippen molar-refractivity contribution in [2.24, 2.45) is 0 Å². The molecular formula is C14H17ClN2O3. The molecule has 1 aromatic heterocycles. The standard InChI is InChI=1S/C14H17ClN2O3/c15-11-5-8-16-9-10(11)12(18)17-14(13(19)20)6-3-1-2-4-7-14/h5,8-9H,1-4,6-7H2,(H,17,18)(H,19,20). The maximum Gasteiger partial charge on any atom is 0.329 e. The molecule has 1 fully saturated rings. The second-order valence-electron chi connectivity index (χ2n) is 5.11. The molecule has 2 N–H and O–H groups in total. The maximum absolute atomic E-state index is 12.3. The minimum absolute atomic E-state index is 0.207. The number of hydrogen-bond donors (Lipinski definition) is 2. The van der Waals surface area contributed by atoms with E-state index in [-0.39, 0.29) is 10.6 Å². The van der Waals surface area contributed by atoms with Gasteiger partial charge in [-0.3, -0.25) is 9.78 Å². The molecule has 6 heteroatoms. The molecule has 1 amide bonds. The molecule has 1 heterocycles. The normalized spacial score (nSPS) is 18.1. The van der Waals surface area contributed by atoms with Crippen molar-refractivity contribution in [3.8, 4) is 0 Å². The minimum atomic E-state index is -1.19. The van der Waals surface area contributed by atoms with Gasteiger partial charge in [0.25, 0.3) is 5.91 Å². The molecule has 1 aromatic rings. The van der Waals surface area contributed by atoms with Gasteiger partial charge in [0.1, 0.15) is 5.54 Å². The van der Waals surface area contributed by atoms with E-state index in [1.54, 1.807) is 0 Å². The highest BCUT2D eigenvalue weighted by molar-refractivity contribution is 6.33. The molecule has 1 aliphatic rings. The molecule has 0 saturated heterocycles. The van der Waals surface area contributed by atoms with Crippen molar-refractivity contribution < 1.29 is 14.7 Å². The first-order valence-electron chi connectivity index (χ1n) is 6.71. The van der Waals surface area contributed by atoms with Gasteiger partial charge in [-0.1, -0.05) is 37.3 Å². The van der Waals surface area contributed by atoms with E-state index in [0.29, 0.717) is 12.8 Å². The van der Waals surface area contributed by atoms with Gasteiger partial charge < -0.3 is 10.4 Å². The zero-order valence-electron chi connectivity index (χ0n) is 11.1. The lowest BCUT2D eigenvalue weighted by atomic mass is 9.90. The number of carboxylic acids is 1. The fourth-order valence-electron chi connectivity index (χ4n) is 2.55. The Morgan fingerprint density at radius 3 is 2.45 bits per heavy atom. The van der Waals surface area contributed by atoms with Gasteiger partial charge in [0, 0.05) is 12.4 Å². The van der Waals surface area contributed by atoms with Crippen LogP contribution in [0.15, 0.2) is 18.5 Å². The Balaban J connectivity index is 2.22. The number of nitrogens with zero attached hydrogens (tertiary/aromatic N) is 1. The Labute approximate surface area is 122 Å². The molecule has 2 rings (SSSR count). The number of rotatable bonds is 3. The average molecular weight is 297 g/mol. The number of aliphatic carboxylic acids is 1. The Morgan fingerprint density at radius 1 is 1.25 bits per heavy atom. The number of pyridine rings is 1. The molecule has 0 atom stereocenters. The van der Waals surface area contributed by atoms with Gasteiger partial charge in [0.15, 0.2) is 0 Å². The number of carbonyl (C=O) groups excluding carboxylic acids is 1. The van der Waals surface area contributed by atoms with Gasteiger partial charge in [-0.25, -0.2) is 4.79 Å². The summed E-state index contributed by atoms with van der Waals surface area (Å²) in [5.74, 6) is -1.46. The molecule has 108 valence electrons. The number of carbonyl (C=O) groups is 2. The highest BCUT2D eigenvalue weighted by atomic mass is 35.5. The van der Waals surface area contributed by atoms with E-state index in [1.165, 1.54) is 18.5 Å². The predicted octanol–water partition coefficient (Wildman–Crippen LogP) is 2.64. The third kappa shape index (κ3) is 3.10. The molecule has 0 unspecified atom stereocenters. The van der Waals surface area contributed by atoms with Crippen LogP contribution in [0, 0.1) is 0 Å². The Bertz CT molecular complexity index is 511. The van der Waals surface area contributed by atoms with Crippen molar-refractivity contribution in [2.75, 3.05) is 0 Å². The Morgan fingerprint density at radius 2 is 1.90 bits per heavy atom. The molecule has 1 saturated carbocycles. The Hall–Kier alpha value is -1.62. The fourth-order valence-corrected chi connectivity index (χ4v) is 2.74. The first-order valence-corrected chi connectivity index (χ1v) is 7.08. The summed E-state index contributed by atoms with van der Waals surface area (Å²) in [5, 5.41) is 12.5. The van der Waals surface area contributed by atoms with E-state index in [2.05, 4.69) is 10.3 Å². The van der Waals surface area contributed by atoms with Crippen LogP contribution in [0.5, 0.6) is 0 Å². The van der Waals surface area contributed by atoms with Crippen LogP contribution in [0.3, 0.4) is 0 Å². The highest BCUT2D eigenvalue weighted by Crippen LogP contribution is 2.28. The highest BCUT2D eigenvalue weighted by Gasteiger charge is 2.40. The van der Waals surface area contributed by atoms with Crippen LogP contribution in [0.1, 0.15) is 48.9 Å². The van der Waals surface area contributed by atoms with Crippen LogP contribution in [0.4, 0.5) is 0 Å². The fraction of sp³-hybridized carbons (Fsp3) is 0.500. The number of amides is 1. The van der Waals surface area contributed by atoms with Crippen molar-refractivity contribution in [1.82, 2.24) is 10.3 Å². The van der Waals surface area contributed by atoms with E-state index < -0.39 is 17.4 Å². The van der Waals surface area contributed by atoms with Gasteiger partial charge >= 0.3 is 5.97 Å². The molecule has 20 heavy (non-hydrogen) atoms. The summed E-state index contributed by atoms with van der Waals surface area (Å²) in [4.78, 5) is 27.7. The van der Waals surface area contributed by atoms with Crippen molar-refractivity contribution in [1.29, 1.82) is 0 Å². The smallest absolute Gasteiger partial charge is 0.329 e. The zero-order chi connectivity index (χ0) is 14.6. The Kier molecular flexibility index (Phi) is 4.60. The summed E-state index contributed by atoms with van der Waals surface area (Å²) in [5.41, 5.74) is -0.980. The zero-order valence-corrected chi connectivity index (χ0v) is 11.8. The average Bonchev–Trinajstić information content (AvgIpc) is 2.65. The molecule has 0 aromatic carbocycles. The second-order valence-corrected chi connectivity index (χ2v) is 5.52. The van der Waals surface area contributed by atoms with Gasteiger partial charge in [-0.15, -0.1) is 0 Å². The summed E-state index contributed by atoms with van der Waals surface area (Å²) in [6, 6.07) is 1.51. The quantitative estimate of drug-likeness (QED) is 0.840. The van der Waals surface area contributed by atoms with Crippen molar-refractivity contribution >= 4 is 23.5 Å². The lowest BCUT2D eigenvalue weighted by Gasteiger charge is -2.29. The largest absolute Gasteiger partial charge is 0.480 e. The van der Waals surface area contributed by atoms with E-state index >= 15 is 0 Å². The summed E-state index contributed by atoms with van der Waals surface area (Å²) in [6.07, 6.45) is 7.33. The van der Waals surface area contributed by atoms with Gasteiger partial charge in [0.05, 0.1) is 10.6 Å². The number of nitrogens with one attached hydrogen (secondary N) is 1. The summed E-state index contributed by atoms with van der Waals surface area (Å²) in [7, 11) is 0. The van der Waals surface area contributed by atoms with E-state index in [9.17, 15) is 14.7 Å². The summed E-state index contributed by atoms with van der Waals surface area (Å²) < 4.78 is 0. The van der Waals surface area contributed by atoms with Crippen LogP contribution in [-0.2, 0) is 4.79 Å².